The highest BCUT2D eigenvalue weighted by atomic mass is 19.1. The molecule has 184 valence electrons. The molecule has 0 aliphatic carbocycles. The van der Waals surface area contributed by atoms with Crippen LogP contribution < -0.4 is 10.1 Å². The van der Waals surface area contributed by atoms with Gasteiger partial charge in [0.1, 0.15) is 17.3 Å². The van der Waals surface area contributed by atoms with E-state index in [9.17, 15) is 18.4 Å². The van der Waals surface area contributed by atoms with Gasteiger partial charge in [0.2, 0.25) is 5.88 Å². The molecular weight excluding hydrogens is 480 g/mol. The lowest BCUT2D eigenvalue weighted by molar-refractivity contribution is -0.132. The van der Waals surface area contributed by atoms with Crippen molar-refractivity contribution >= 4 is 17.6 Å². The normalized spacial score (nSPS) is 10.8. The number of rotatable bonds is 6. The molecule has 1 N–H and O–H groups in total. The number of hydrogen-bond donors (Lipinski definition) is 1. The molecule has 5 aromatic rings. The van der Waals surface area contributed by atoms with Crippen LogP contribution >= 0.6 is 0 Å². The van der Waals surface area contributed by atoms with Crippen molar-refractivity contribution in [1.82, 2.24) is 9.78 Å². The van der Waals surface area contributed by atoms with Crippen LogP contribution in [-0.4, -0.2) is 21.7 Å². The topological polar surface area (TPSA) is 86.4 Å². The van der Waals surface area contributed by atoms with Crippen molar-refractivity contribution in [2.75, 3.05) is 5.32 Å². The number of amides is 1. The van der Waals surface area contributed by atoms with Gasteiger partial charge in [0.05, 0.1) is 17.5 Å². The summed E-state index contributed by atoms with van der Waals surface area (Å²) >= 11 is 0. The van der Waals surface area contributed by atoms with Crippen LogP contribution in [0.25, 0.3) is 28.3 Å². The molecule has 0 radical (unpaired) electrons. The molecule has 0 atom stereocenters. The minimum Gasteiger partial charge on any atom is -0.463 e. The second-order valence-electron chi connectivity index (χ2n) is 8.03. The Labute approximate surface area is 209 Å². The molecule has 9 heteroatoms. The number of nitrogens with zero attached hydrogens (tertiary/aromatic N) is 2. The largest absolute Gasteiger partial charge is 0.463 e. The number of nitrogens with one attached hydrogen (secondary N) is 1. The molecule has 5 rings (SSSR count). The highest BCUT2D eigenvalue weighted by Gasteiger charge is 2.26. The molecule has 0 aliphatic rings. The third-order valence-electron chi connectivity index (χ3n) is 5.41. The Balaban J connectivity index is 1.58. The molecule has 0 fully saturated rings. The predicted octanol–water partition coefficient (Wildman–Crippen LogP) is 6.26. The van der Waals surface area contributed by atoms with Crippen LogP contribution in [0.5, 0.6) is 5.88 Å². The van der Waals surface area contributed by atoms with Crippen LogP contribution in [0.2, 0.25) is 0 Å². The second-order valence-corrected chi connectivity index (χ2v) is 8.03. The third-order valence-corrected chi connectivity index (χ3v) is 5.41. The number of carbonyl (C=O) groups excluding carboxylic acids is 2. The summed E-state index contributed by atoms with van der Waals surface area (Å²) in [5.74, 6) is -1.59. The van der Waals surface area contributed by atoms with E-state index in [0.717, 1.165) is 6.07 Å². The molecule has 0 saturated carbocycles. The van der Waals surface area contributed by atoms with Gasteiger partial charge < -0.3 is 14.5 Å². The lowest BCUT2D eigenvalue weighted by Gasteiger charge is -2.10. The molecule has 0 bridgehead atoms. The minimum absolute atomic E-state index is 0.0704. The first-order valence-corrected chi connectivity index (χ1v) is 11.2. The van der Waals surface area contributed by atoms with Gasteiger partial charge in [-0.3, -0.25) is 9.59 Å². The molecule has 37 heavy (non-hydrogen) atoms. The average Bonchev–Trinajstić information content (AvgIpc) is 3.53. The Kier molecular flexibility index (Phi) is 6.34. The maximum absolute atomic E-state index is 14.0. The lowest BCUT2D eigenvalue weighted by Crippen LogP contribution is -2.11. The zero-order valence-electron chi connectivity index (χ0n) is 19.4. The zero-order valence-corrected chi connectivity index (χ0v) is 19.4. The fraction of sp³-hybridized carbons (Fsp3) is 0.0357. The van der Waals surface area contributed by atoms with Gasteiger partial charge >= 0.3 is 5.97 Å². The summed E-state index contributed by atoms with van der Waals surface area (Å²) in [5, 5.41) is 7.30. The number of benzene rings is 3. The van der Waals surface area contributed by atoms with Gasteiger partial charge in [0.15, 0.2) is 5.76 Å². The SMILES string of the molecule is CC(=O)Oc1c(-c2ccc(NC(=O)c3cccc(F)c3)cc2)c(-c2ccco2)nn1-c1cccc(F)c1. The van der Waals surface area contributed by atoms with Crippen LogP contribution in [0.3, 0.4) is 0 Å². The van der Waals surface area contributed by atoms with Gasteiger partial charge in [-0.15, -0.1) is 0 Å². The molecule has 0 spiro atoms. The molecule has 1 amide bonds. The zero-order chi connectivity index (χ0) is 25.9. The smallest absolute Gasteiger partial charge is 0.309 e. The molecule has 0 saturated heterocycles. The number of halogens is 2. The van der Waals surface area contributed by atoms with Gasteiger partial charge in [0, 0.05) is 18.2 Å². The Morgan fingerprint density at radius 1 is 0.919 bits per heavy atom. The van der Waals surface area contributed by atoms with Crippen molar-refractivity contribution in [2.24, 2.45) is 0 Å². The van der Waals surface area contributed by atoms with Gasteiger partial charge in [-0.25, -0.2) is 8.78 Å². The summed E-state index contributed by atoms with van der Waals surface area (Å²) in [7, 11) is 0. The maximum atomic E-state index is 14.0. The summed E-state index contributed by atoms with van der Waals surface area (Å²) in [6, 6.07) is 21.2. The molecule has 0 unspecified atom stereocenters. The lowest BCUT2D eigenvalue weighted by atomic mass is 10.0. The van der Waals surface area contributed by atoms with Crippen LogP contribution in [0.1, 0.15) is 17.3 Å². The van der Waals surface area contributed by atoms with Crippen LogP contribution in [0.15, 0.2) is 95.6 Å². The van der Waals surface area contributed by atoms with Gasteiger partial charge in [0.25, 0.3) is 5.91 Å². The second kappa shape index (κ2) is 9.90. The van der Waals surface area contributed by atoms with Crippen LogP contribution in [0.4, 0.5) is 14.5 Å². The van der Waals surface area contributed by atoms with Crippen molar-refractivity contribution < 1.29 is 27.5 Å². The van der Waals surface area contributed by atoms with E-state index in [0.29, 0.717) is 34.0 Å². The van der Waals surface area contributed by atoms with Crippen molar-refractivity contribution in [3.05, 3.63) is 108 Å². The first kappa shape index (κ1) is 23.7. The average molecular weight is 499 g/mol. The van der Waals surface area contributed by atoms with Gasteiger partial charge in [-0.05, 0) is 66.2 Å². The van der Waals surface area contributed by atoms with Crippen molar-refractivity contribution in [3.8, 4) is 34.1 Å². The number of esters is 1. The molecule has 0 aliphatic heterocycles. The molecular formula is C28H19F2N3O4. The number of carbonyl (C=O) groups is 2. The standard InChI is InChI=1S/C28H19F2N3O4/c1-17(34)37-28-25(18-10-12-22(13-11-18)31-27(35)19-5-2-6-20(29)15-19)26(24-9-4-14-36-24)32-33(28)23-8-3-7-21(30)16-23/h2-16H,1H3,(H,31,35). The Morgan fingerprint density at radius 2 is 1.65 bits per heavy atom. The first-order valence-electron chi connectivity index (χ1n) is 11.2. The van der Waals surface area contributed by atoms with Crippen molar-refractivity contribution in [2.45, 2.75) is 6.92 Å². The van der Waals surface area contributed by atoms with E-state index in [-0.39, 0.29) is 11.4 Å². The number of ether oxygens (including phenoxy) is 1. The Morgan fingerprint density at radius 3 is 2.30 bits per heavy atom. The van der Waals surface area contributed by atoms with Crippen molar-refractivity contribution in [3.63, 3.8) is 0 Å². The number of hydrogen-bond acceptors (Lipinski definition) is 5. The van der Waals surface area contributed by atoms with E-state index in [4.69, 9.17) is 9.15 Å². The van der Waals surface area contributed by atoms with Crippen LogP contribution in [0, 0.1) is 11.6 Å². The summed E-state index contributed by atoms with van der Waals surface area (Å²) in [6.45, 7) is 1.25. The predicted molar refractivity (Wildman–Crippen MR) is 132 cm³/mol. The number of furan rings is 1. The summed E-state index contributed by atoms with van der Waals surface area (Å²) in [4.78, 5) is 24.5. The van der Waals surface area contributed by atoms with E-state index in [2.05, 4.69) is 10.4 Å². The van der Waals surface area contributed by atoms with E-state index in [1.807, 2.05) is 0 Å². The number of anilines is 1. The fourth-order valence-corrected chi connectivity index (χ4v) is 3.82. The summed E-state index contributed by atoms with van der Waals surface area (Å²) in [5.41, 5.74) is 2.37. The van der Waals surface area contributed by atoms with Gasteiger partial charge in [-0.2, -0.15) is 9.78 Å². The van der Waals surface area contributed by atoms with E-state index in [1.54, 1.807) is 42.5 Å². The molecule has 7 nitrogen and oxygen atoms in total. The molecule has 2 heterocycles. The van der Waals surface area contributed by atoms with Gasteiger partial charge in [-0.1, -0.05) is 24.3 Å². The minimum atomic E-state index is -0.594. The van der Waals surface area contributed by atoms with Crippen LogP contribution in [-0.2, 0) is 4.79 Å². The maximum Gasteiger partial charge on any atom is 0.309 e. The summed E-state index contributed by atoms with van der Waals surface area (Å²) < 4.78 is 40.0. The Hall–Kier alpha value is -5.05. The molecule has 2 aromatic heterocycles. The molecule has 3 aromatic carbocycles. The first-order chi connectivity index (χ1) is 17.9. The third kappa shape index (κ3) is 5.01. The quantitative estimate of drug-likeness (QED) is 0.279. The van der Waals surface area contributed by atoms with E-state index >= 15 is 0 Å². The number of aromatic nitrogens is 2. The highest BCUT2D eigenvalue weighted by molar-refractivity contribution is 6.04. The fourth-order valence-electron chi connectivity index (χ4n) is 3.82. The van der Waals surface area contributed by atoms with E-state index < -0.39 is 23.5 Å². The Bertz CT molecular complexity index is 1590. The highest BCUT2D eigenvalue weighted by Crippen LogP contribution is 2.41. The summed E-state index contributed by atoms with van der Waals surface area (Å²) in [6.07, 6.45) is 1.48. The monoisotopic (exact) mass is 499 g/mol. The van der Waals surface area contributed by atoms with E-state index in [1.165, 1.54) is 54.3 Å². The van der Waals surface area contributed by atoms with Crippen molar-refractivity contribution in [1.29, 1.82) is 0 Å².